The number of rotatable bonds is 0. The van der Waals surface area contributed by atoms with E-state index in [1.165, 1.54) is 0 Å². The average Bonchev–Trinajstić information content (AvgIpc) is 2.85. The first-order chi connectivity index (χ1) is 7.13. The van der Waals surface area contributed by atoms with Crippen molar-refractivity contribution in [1.82, 2.24) is 0 Å². The number of carbonyl (C=O) groups is 2. The zero-order valence-corrected chi connectivity index (χ0v) is 11.1. The zero-order chi connectivity index (χ0) is 10.5. The molecule has 0 aromatic carbocycles. The quantitative estimate of drug-likeness (QED) is 0.633. The third-order valence-corrected chi connectivity index (χ3v) is 7.29. The fraction of sp³-hybridized carbons (Fsp3) is 0.818. The van der Waals surface area contributed by atoms with Crippen molar-refractivity contribution in [3.63, 3.8) is 0 Å². The average molecular weight is 334 g/mol. The van der Waals surface area contributed by atoms with Gasteiger partial charge in [-0.25, -0.2) is 0 Å². The molecule has 0 aromatic heterocycles. The molecule has 0 unspecified atom stereocenters. The number of carbonyl (C=O) groups excluding carboxylic acids is 2. The minimum atomic E-state index is 0.0284. The Kier molecular flexibility index (Phi) is 1.61. The van der Waals surface area contributed by atoms with Gasteiger partial charge in [-0.3, -0.25) is 9.59 Å². The molecule has 0 heterocycles. The van der Waals surface area contributed by atoms with Crippen molar-refractivity contribution in [1.29, 1.82) is 0 Å². The lowest BCUT2D eigenvalue weighted by Crippen LogP contribution is -2.29. The van der Waals surface area contributed by atoms with Crippen LogP contribution >= 0.6 is 31.9 Å². The minimum absolute atomic E-state index is 0.0284. The summed E-state index contributed by atoms with van der Waals surface area (Å²) in [4.78, 5) is 24.2. The molecule has 0 aliphatic heterocycles. The van der Waals surface area contributed by atoms with Crippen LogP contribution in [0.15, 0.2) is 0 Å². The number of Topliss-reactive ketones (excluding diaryl/α,β-unsaturated/α-hetero) is 2. The third-order valence-electron chi connectivity index (χ3n) is 5.16. The molecule has 2 nitrogen and oxygen atoms in total. The predicted molar refractivity (Wildman–Crippen MR) is 61.0 cm³/mol. The van der Waals surface area contributed by atoms with Crippen LogP contribution in [0.1, 0.15) is 6.42 Å². The van der Waals surface area contributed by atoms with Gasteiger partial charge < -0.3 is 0 Å². The molecule has 80 valence electrons. The first kappa shape index (κ1) is 9.34. The molecule has 4 saturated carbocycles. The lowest BCUT2D eigenvalue weighted by Gasteiger charge is -2.25. The zero-order valence-electron chi connectivity index (χ0n) is 7.90. The van der Waals surface area contributed by atoms with Gasteiger partial charge in [0.2, 0.25) is 0 Å². The second-order valence-corrected chi connectivity index (χ2v) is 7.35. The van der Waals surface area contributed by atoms with Gasteiger partial charge in [-0.2, -0.15) is 0 Å². The second kappa shape index (κ2) is 2.58. The monoisotopic (exact) mass is 332 g/mol. The Morgan fingerprint density at radius 3 is 1.67 bits per heavy atom. The lowest BCUT2D eigenvalue weighted by atomic mass is 9.79. The van der Waals surface area contributed by atoms with Gasteiger partial charge in [-0.15, -0.1) is 0 Å². The summed E-state index contributed by atoms with van der Waals surface area (Å²) in [5.74, 6) is 2.63. The summed E-state index contributed by atoms with van der Waals surface area (Å²) in [5.41, 5.74) is 0. The smallest absolute Gasteiger partial charge is 0.150 e. The van der Waals surface area contributed by atoms with Crippen molar-refractivity contribution >= 4 is 43.4 Å². The summed E-state index contributed by atoms with van der Waals surface area (Å²) in [6.45, 7) is 0. The number of halogens is 2. The van der Waals surface area contributed by atoms with E-state index in [-0.39, 0.29) is 21.5 Å². The van der Waals surface area contributed by atoms with Crippen molar-refractivity contribution < 1.29 is 9.59 Å². The van der Waals surface area contributed by atoms with Gasteiger partial charge in [-0.05, 0) is 30.1 Å². The highest BCUT2D eigenvalue weighted by Gasteiger charge is 2.74. The van der Waals surface area contributed by atoms with Crippen LogP contribution in [-0.4, -0.2) is 21.2 Å². The Morgan fingerprint density at radius 2 is 1.27 bits per heavy atom. The maximum absolute atomic E-state index is 12.1. The lowest BCUT2D eigenvalue weighted by molar-refractivity contribution is -0.128. The van der Waals surface area contributed by atoms with E-state index in [9.17, 15) is 9.59 Å². The van der Waals surface area contributed by atoms with E-state index in [1.54, 1.807) is 0 Å². The van der Waals surface area contributed by atoms with Crippen molar-refractivity contribution in [2.75, 3.05) is 0 Å². The maximum Gasteiger partial charge on any atom is 0.150 e. The molecule has 4 rings (SSSR count). The standard InChI is InChI=1S/C11H10Br2O2/c12-8-4-2-1-3-5(4)9(13)11(15)7(3)6(2)10(8)14/h2-9H,1H2/t2-,3-,4-,5+,6+,7-,8-,9-/m0/s1. The van der Waals surface area contributed by atoms with Crippen LogP contribution in [0.4, 0.5) is 0 Å². The Balaban J connectivity index is 1.93. The fourth-order valence-corrected chi connectivity index (χ4v) is 6.95. The van der Waals surface area contributed by atoms with Crippen molar-refractivity contribution in [2.24, 2.45) is 35.5 Å². The first-order valence-corrected chi connectivity index (χ1v) is 7.31. The van der Waals surface area contributed by atoms with Crippen LogP contribution in [0.3, 0.4) is 0 Å². The number of ketones is 2. The SMILES string of the molecule is O=C1[C@H]2[C@H]3C[C@@H]4[C@H]2C(=O)[C@@H](Br)[C@@H]4[C@@H]3[C@@H]1Br. The molecule has 0 radical (unpaired) electrons. The summed E-state index contributed by atoms with van der Waals surface area (Å²) < 4.78 is 0. The summed E-state index contributed by atoms with van der Waals surface area (Å²) in [6, 6.07) is 0. The molecule has 0 spiro atoms. The molecular weight excluding hydrogens is 324 g/mol. The Morgan fingerprint density at radius 1 is 0.867 bits per heavy atom. The van der Waals surface area contributed by atoms with Gasteiger partial charge in [0.1, 0.15) is 0 Å². The van der Waals surface area contributed by atoms with E-state index in [0.29, 0.717) is 35.2 Å². The van der Waals surface area contributed by atoms with Gasteiger partial charge in [0.05, 0.1) is 9.65 Å². The summed E-state index contributed by atoms with van der Waals surface area (Å²) in [5, 5.41) is 0. The Bertz CT molecular complexity index is 358. The van der Waals surface area contributed by atoms with Crippen LogP contribution in [0.2, 0.25) is 0 Å². The summed E-state index contributed by atoms with van der Waals surface area (Å²) in [6.07, 6.45) is 1.12. The molecule has 4 aliphatic carbocycles. The topological polar surface area (TPSA) is 34.1 Å². The fourth-order valence-electron chi connectivity index (χ4n) is 4.85. The summed E-state index contributed by atoms with van der Waals surface area (Å²) >= 11 is 7.09. The molecular formula is C11H10Br2O2. The van der Waals surface area contributed by atoms with Crippen molar-refractivity contribution in [2.45, 2.75) is 16.1 Å². The van der Waals surface area contributed by atoms with Crippen molar-refractivity contribution in [3.8, 4) is 0 Å². The molecule has 8 atom stereocenters. The molecule has 0 aromatic rings. The van der Waals surface area contributed by atoms with Gasteiger partial charge >= 0.3 is 0 Å². The van der Waals surface area contributed by atoms with Gasteiger partial charge in [0.25, 0.3) is 0 Å². The molecule has 0 saturated heterocycles. The number of fused-ring (bicyclic) bond motifs is 2. The number of hydrogen-bond acceptors (Lipinski definition) is 2. The minimum Gasteiger partial charge on any atom is -0.298 e. The van der Waals surface area contributed by atoms with E-state index in [4.69, 9.17) is 0 Å². The van der Waals surface area contributed by atoms with E-state index in [2.05, 4.69) is 31.9 Å². The van der Waals surface area contributed by atoms with Crippen LogP contribution in [0, 0.1) is 35.5 Å². The highest BCUT2D eigenvalue weighted by Crippen LogP contribution is 2.70. The van der Waals surface area contributed by atoms with Crippen molar-refractivity contribution in [3.05, 3.63) is 0 Å². The van der Waals surface area contributed by atoms with E-state index in [1.807, 2.05) is 0 Å². The van der Waals surface area contributed by atoms with E-state index >= 15 is 0 Å². The van der Waals surface area contributed by atoms with Gasteiger partial charge in [-0.1, -0.05) is 31.9 Å². The van der Waals surface area contributed by atoms with Crippen LogP contribution in [0.25, 0.3) is 0 Å². The molecule has 4 fully saturated rings. The molecule has 15 heavy (non-hydrogen) atoms. The Labute approximate surface area is 104 Å². The summed E-state index contributed by atoms with van der Waals surface area (Å²) in [7, 11) is 0. The second-order valence-electron chi connectivity index (χ2n) is 5.38. The van der Waals surface area contributed by atoms with E-state index in [0.717, 1.165) is 6.42 Å². The van der Waals surface area contributed by atoms with Gasteiger partial charge in [0.15, 0.2) is 11.6 Å². The van der Waals surface area contributed by atoms with Crippen LogP contribution < -0.4 is 0 Å². The van der Waals surface area contributed by atoms with Gasteiger partial charge in [0, 0.05) is 11.8 Å². The highest BCUT2D eigenvalue weighted by molar-refractivity contribution is 9.10. The van der Waals surface area contributed by atoms with Crippen LogP contribution in [0.5, 0.6) is 0 Å². The molecule has 4 heteroatoms. The first-order valence-electron chi connectivity index (χ1n) is 5.48. The molecule has 0 amide bonds. The predicted octanol–water partition coefficient (Wildman–Crippen LogP) is 1.79. The normalized spacial score (nSPS) is 64.7. The Hall–Kier alpha value is 0.300. The molecule has 0 N–H and O–H groups in total. The third kappa shape index (κ3) is 0.791. The van der Waals surface area contributed by atoms with Crippen LogP contribution in [-0.2, 0) is 9.59 Å². The maximum atomic E-state index is 12.1. The number of alkyl halides is 2. The highest BCUT2D eigenvalue weighted by atomic mass is 79.9. The molecule has 4 aliphatic rings. The largest absolute Gasteiger partial charge is 0.298 e. The molecule has 2 bridgehead atoms. The van der Waals surface area contributed by atoms with E-state index < -0.39 is 0 Å². The number of hydrogen-bond donors (Lipinski definition) is 0.